The molecule has 0 fully saturated rings. The first-order chi connectivity index (χ1) is 12.0. The summed E-state index contributed by atoms with van der Waals surface area (Å²) in [6.45, 7) is 1.97. The van der Waals surface area contributed by atoms with E-state index >= 15 is 0 Å². The van der Waals surface area contributed by atoms with Crippen molar-refractivity contribution in [1.82, 2.24) is 4.57 Å². The average Bonchev–Trinajstić information content (AvgIpc) is 2.84. The molecule has 3 rings (SSSR count). The van der Waals surface area contributed by atoms with Crippen LogP contribution in [-0.4, -0.2) is 10.5 Å². The van der Waals surface area contributed by atoms with E-state index in [0.29, 0.717) is 10.7 Å². The number of aryl methyl sites for hydroxylation is 1. The maximum atomic E-state index is 12.5. The molecule has 0 aliphatic heterocycles. The van der Waals surface area contributed by atoms with Gasteiger partial charge in [-0.3, -0.25) is 4.79 Å². The molecule has 5 heteroatoms. The second kappa shape index (κ2) is 6.84. The van der Waals surface area contributed by atoms with Crippen LogP contribution < -0.4 is 5.32 Å². The summed E-state index contributed by atoms with van der Waals surface area (Å²) < 4.78 is 2.05. The van der Waals surface area contributed by atoms with E-state index in [-0.39, 0.29) is 5.57 Å². The molecule has 3 aromatic rings. The number of nitrogens with zero attached hydrogens (tertiary/aromatic N) is 2. The zero-order valence-corrected chi connectivity index (χ0v) is 14.6. The van der Waals surface area contributed by atoms with Gasteiger partial charge < -0.3 is 9.88 Å². The number of hydrogen-bond donors (Lipinski definition) is 1. The Morgan fingerprint density at radius 2 is 2.00 bits per heavy atom. The van der Waals surface area contributed by atoms with E-state index < -0.39 is 5.91 Å². The maximum absolute atomic E-state index is 12.5. The highest BCUT2D eigenvalue weighted by Gasteiger charge is 2.14. The first-order valence-corrected chi connectivity index (χ1v) is 8.12. The van der Waals surface area contributed by atoms with E-state index in [9.17, 15) is 10.1 Å². The van der Waals surface area contributed by atoms with E-state index in [1.54, 1.807) is 30.3 Å². The van der Waals surface area contributed by atoms with E-state index in [1.165, 1.54) is 0 Å². The first kappa shape index (κ1) is 16.8. The molecule has 1 aromatic heterocycles. The summed E-state index contributed by atoms with van der Waals surface area (Å²) in [4.78, 5) is 12.5. The second-order valence-corrected chi connectivity index (χ2v) is 6.15. The number of aromatic nitrogens is 1. The van der Waals surface area contributed by atoms with Crippen molar-refractivity contribution in [2.24, 2.45) is 7.05 Å². The smallest absolute Gasteiger partial charge is 0.266 e. The fourth-order valence-corrected chi connectivity index (χ4v) is 2.98. The lowest BCUT2D eigenvalue weighted by Crippen LogP contribution is -2.13. The number of hydrogen-bond acceptors (Lipinski definition) is 2. The van der Waals surface area contributed by atoms with Crippen LogP contribution in [0.15, 0.2) is 54.1 Å². The van der Waals surface area contributed by atoms with Gasteiger partial charge in [0.15, 0.2) is 0 Å². The van der Waals surface area contributed by atoms with E-state index in [4.69, 9.17) is 11.6 Å². The van der Waals surface area contributed by atoms with Gasteiger partial charge in [-0.1, -0.05) is 35.9 Å². The van der Waals surface area contributed by atoms with Gasteiger partial charge in [-0.25, -0.2) is 0 Å². The van der Waals surface area contributed by atoms with Gasteiger partial charge >= 0.3 is 0 Å². The number of benzene rings is 2. The Labute approximate surface area is 150 Å². The highest BCUT2D eigenvalue weighted by atomic mass is 35.5. The molecule has 0 bridgehead atoms. The number of fused-ring (bicyclic) bond motifs is 1. The number of para-hydroxylation sites is 1. The Bertz CT molecular complexity index is 1040. The minimum atomic E-state index is -0.461. The molecular weight excluding hydrogens is 334 g/mol. The number of anilines is 1. The molecule has 0 spiro atoms. The van der Waals surface area contributed by atoms with Crippen molar-refractivity contribution in [3.63, 3.8) is 0 Å². The Balaban J connectivity index is 2.00. The van der Waals surface area contributed by atoms with Crippen LogP contribution in [0.3, 0.4) is 0 Å². The Morgan fingerprint density at radius 3 is 2.72 bits per heavy atom. The van der Waals surface area contributed by atoms with Crippen molar-refractivity contribution < 1.29 is 4.79 Å². The lowest BCUT2D eigenvalue weighted by atomic mass is 10.1. The number of nitrogens with one attached hydrogen (secondary N) is 1. The Hall–Kier alpha value is -3.03. The Kier molecular flexibility index (Phi) is 4.60. The maximum Gasteiger partial charge on any atom is 0.266 e. The van der Waals surface area contributed by atoms with Gasteiger partial charge in [0.2, 0.25) is 0 Å². The van der Waals surface area contributed by atoms with Gasteiger partial charge in [-0.05, 0) is 37.3 Å². The third kappa shape index (κ3) is 3.28. The zero-order chi connectivity index (χ0) is 18.0. The zero-order valence-electron chi connectivity index (χ0n) is 13.9. The van der Waals surface area contributed by atoms with Crippen LogP contribution in [0.1, 0.15) is 11.3 Å². The minimum Gasteiger partial charge on any atom is -0.347 e. The molecule has 2 aromatic carbocycles. The molecule has 0 atom stereocenters. The van der Waals surface area contributed by atoms with Gasteiger partial charge in [0.1, 0.15) is 11.6 Å². The van der Waals surface area contributed by atoms with Crippen LogP contribution >= 0.6 is 11.6 Å². The first-order valence-electron chi connectivity index (χ1n) is 7.74. The van der Waals surface area contributed by atoms with Crippen LogP contribution in [0.5, 0.6) is 0 Å². The van der Waals surface area contributed by atoms with Crippen LogP contribution in [0, 0.1) is 18.3 Å². The molecular formula is C20H16ClN3O. The van der Waals surface area contributed by atoms with Crippen LogP contribution in [0.2, 0.25) is 5.02 Å². The highest BCUT2D eigenvalue weighted by Crippen LogP contribution is 2.27. The van der Waals surface area contributed by atoms with E-state index in [1.807, 2.05) is 48.9 Å². The molecule has 0 saturated heterocycles. The summed E-state index contributed by atoms with van der Waals surface area (Å²) >= 11 is 5.93. The number of nitriles is 1. The molecule has 0 aliphatic carbocycles. The molecule has 0 radical (unpaired) electrons. The molecule has 124 valence electrons. The van der Waals surface area contributed by atoms with Gasteiger partial charge in [-0.2, -0.15) is 5.26 Å². The minimum absolute atomic E-state index is 0.0411. The number of carbonyl (C=O) groups is 1. The van der Waals surface area contributed by atoms with Gasteiger partial charge in [-0.15, -0.1) is 0 Å². The fraction of sp³-hybridized carbons (Fsp3) is 0.100. The standard InChI is InChI=1S/C20H16ClN3O/c1-13-18(17-8-3-4-9-19(17)24(13)2)10-14(12-22)20(25)23-16-7-5-6-15(21)11-16/h3-11H,1-2H3,(H,23,25)/b14-10+. The van der Waals surface area contributed by atoms with Crippen molar-refractivity contribution in [2.75, 3.05) is 5.32 Å². The molecule has 25 heavy (non-hydrogen) atoms. The average molecular weight is 350 g/mol. The van der Waals surface area contributed by atoms with Gasteiger partial charge in [0.25, 0.3) is 5.91 Å². The molecule has 1 amide bonds. The molecule has 0 aliphatic rings. The van der Waals surface area contributed by atoms with Crippen LogP contribution in [-0.2, 0) is 11.8 Å². The largest absolute Gasteiger partial charge is 0.347 e. The number of halogens is 1. The number of amides is 1. The molecule has 0 unspecified atom stereocenters. The van der Waals surface area contributed by atoms with E-state index in [0.717, 1.165) is 22.2 Å². The summed E-state index contributed by atoms with van der Waals surface area (Å²) in [6.07, 6.45) is 1.64. The molecule has 1 heterocycles. The molecule has 0 saturated carbocycles. The predicted octanol–water partition coefficient (Wildman–Crippen LogP) is 4.69. The third-order valence-corrected chi connectivity index (χ3v) is 4.42. The monoisotopic (exact) mass is 349 g/mol. The van der Waals surface area contributed by atoms with E-state index in [2.05, 4.69) is 5.32 Å². The Morgan fingerprint density at radius 1 is 1.24 bits per heavy atom. The fourth-order valence-electron chi connectivity index (χ4n) is 2.79. The lowest BCUT2D eigenvalue weighted by Gasteiger charge is -2.05. The topological polar surface area (TPSA) is 57.8 Å². The summed E-state index contributed by atoms with van der Waals surface area (Å²) in [5.74, 6) is -0.461. The van der Waals surface area contributed by atoms with Gasteiger partial charge in [0.05, 0.1) is 0 Å². The van der Waals surface area contributed by atoms with Crippen molar-refractivity contribution in [3.05, 3.63) is 70.4 Å². The van der Waals surface area contributed by atoms with Crippen molar-refractivity contribution in [3.8, 4) is 6.07 Å². The van der Waals surface area contributed by atoms with Crippen LogP contribution in [0.25, 0.3) is 17.0 Å². The van der Waals surface area contributed by atoms with Gasteiger partial charge in [0, 0.05) is 39.9 Å². The SMILES string of the molecule is Cc1c(/C=C(\C#N)C(=O)Nc2cccc(Cl)c2)c2ccccc2n1C. The number of carbonyl (C=O) groups excluding carboxylic acids is 1. The summed E-state index contributed by atoms with van der Waals surface area (Å²) in [5, 5.41) is 13.7. The third-order valence-electron chi connectivity index (χ3n) is 4.18. The second-order valence-electron chi connectivity index (χ2n) is 5.71. The number of rotatable bonds is 3. The normalized spacial score (nSPS) is 11.4. The lowest BCUT2D eigenvalue weighted by molar-refractivity contribution is -0.112. The predicted molar refractivity (Wildman–Crippen MR) is 101 cm³/mol. The van der Waals surface area contributed by atoms with Crippen molar-refractivity contribution in [2.45, 2.75) is 6.92 Å². The quantitative estimate of drug-likeness (QED) is 0.551. The highest BCUT2D eigenvalue weighted by molar-refractivity contribution is 6.31. The van der Waals surface area contributed by atoms with Crippen molar-refractivity contribution >= 4 is 40.2 Å². The van der Waals surface area contributed by atoms with Crippen LogP contribution in [0.4, 0.5) is 5.69 Å². The van der Waals surface area contributed by atoms with Crippen molar-refractivity contribution in [1.29, 1.82) is 5.26 Å². The summed E-state index contributed by atoms with van der Waals surface area (Å²) in [7, 11) is 1.97. The molecule has 1 N–H and O–H groups in total. The summed E-state index contributed by atoms with van der Waals surface area (Å²) in [6, 6.07) is 16.7. The molecule has 4 nitrogen and oxygen atoms in total. The summed E-state index contributed by atoms with van der Waals surface area (Å²) in [5.41, 5.74) is 3.51.